The lowest BCUT2D eigenvalue weighted by Gasteiger charge is -2.29. The Bertz CT molecular complexity index is 661. The van der Waals surface area contributed by atoms with Crippen LogP contribution in [0.5, 0.6) is 0 Å². The van der Waals surface area contributed by atoms with Gasteiger partial charge in [-0.2, -0.15) is 0 Å². The number of halogens is 4. The molecular weight excluding hydrogens is 386 g/mol. The van der Waals surface area contributed by atoms with E-state index in [1.54, 1.807) is 12.1 Å². The van der Waals surface area contributed by atoms with Gasteiger partial charge in [0.05, 0.1) is 0 Å². The molecule has 1 N–H and O–H groups in total. The maximum absolute atomic E-state index is 6.37. The second-order valence-electron chi connectivity index (χ2n) is 6.02. The van der Waals surface area contributed by atoms with E-state index in [-0.39, 0.29) is 0 Å². The van der Waals surface area contributed by atoms with E-state index in [2.05, 4.69) is 10.2 Å². The topological polar surface area (TPSA) is 15.3 Å². The quantitative estimate of drug-likeness (QED) is 0.692. The second kappa shape index (κ2) is 8.27. The van der Waals surface area contributed by atoms with Gasteiger partial charge in [0, 0.05) is 45.8 Å². The van der Waals surface area contributed by atoms with Crippen molar-refractivity contribution in [1.29, 1.82) is 0 Å². The second-order valence-corrected chi connectivity index (χ2v) is 7.71. The van der Waals surface area contributed by atoms with E-state index in [0.717, 1.165) is 43.7 Å². The SMILES string of the molecule is Clc1ccc(CN(Cc2ccc(Cl)cc2Cl)[C@H]2CCNC2)c(Cl)c1. The number of nitrogens with one attached hydrogen (secondary N) is 1. The van der Waals surface area contributed by atoms with Crippen LogP contribution in [0, 0.1) is 0 Å². The summed E-state index contributed by atoms with van der Waals surface area (Å²) in [6, 6.07) is 11.8. The van der Waals surface area contributed by atoms with Gasteiger partial charge >= 0.3 is 0 Å². The molecule has 0 spiro atoms. The van der Waals surface area contributed by atoms with Crippen molar-refractivity contribution in [3.05, 3.63) is 67.6 Å². The molecule has 6 heteroatoms. The molecule has 1 atom stereocenters. The molecule has 0 unspecified atom stereocenters. The first kappa shape index (κ1) is 18.3. The minimum Gasteiger partial charge on any atom is -0.315 e. The summed E-state index contributed by atoms with van der Waals surface area (Å²) in [6.07, 6.45) is 1.11. The van der Waals surface area contributed by atoms with Gasteiger partial charge in [-0.05, 0) is 48.4 Å². The Morgan fingerprint density at radius 2 is 1.42 bits per heavy atom. The molecule has 1 aliphatic rings. The highest BCUT2D eigenvalue weighted by Crippen LogP contribution is 2.27. The lowest BCUT2D eigenvalue weighted by atomic mass is 10.1. The van der Waals surface area contributed by atoms with Gasteiger partial charge in [0.2, 0.25) is 0 Å². The molecule has 1 fully saturated rings. The molecule has 0 radical (unpaired) electrons. The largest absolute Gasteiger partial charge is 0.315 e. The molecule has 0 aromatic heterocycles. The highest BCUT2D eigenvalue weighted by molar-refractivity contribution is 6.35. The fourth-order valence-corrected chi connectivity index (χ4v) is 3.94. The molecule has 0 saturated carbocycles. The molecule has 2 nitrogen and oxygen atoms in total. The normalized spacial score (nSPS) is 17.6. The van der Waals surface area contributed by atoms with Crippen molar-refractivity contribution in [2.75, 3.05) is 13.1 Å². The van der Waals surface area contributed by atoms with Crippen molar-refractivity contribution >= 4 is 46.4 Å². The van der Waals surface area contributed by atoms with E-state index < -0.39 is 0 Å². The zero-order chi connectivity index (χ0) is 17.1. The van der Waals surface area contributed by atoms with E-state index in [9.17, 15) is 0 Å². The highest BCUT2D eigenvalue weighted by Gasteiger charge is 2.24. The van der Waals surface area contributed by atoms with E-state index >= 15 is 0 Å². The lowest BCUT2D eigenvalue weighted by molar-refractivity contribution is 0.190. The van der Waals surface area contributed by atoms with Crippen LogP contribution in [0.2, 0.25) is 20.1 Å². The molecule has 1 heterocycles. The van der Waals surface area contributed by atoms with Gasteiger partial charge in [0.1, 0.15) is 0 Å². The molecule has 24 heavy (non-hydrogen) atoms. The summed E-state index contributed by atoms with van der Waals surface area (Å²) in [5.74, 6) is 0. The highest BCUT2D eigenvalue weighted by atomic mass is 35.5. The first-order valence-electron chi connectivity index (χ1n) is 7.85. The number of benzene rings is 2. The van der Waals surface area contributed by atoms with Crippen LogP contribution in [-0.2, 0) is 13.1 Å². The monoisotopic (exact) mass is 402 g/mol. The number of hydrogen-bond donors (Lipinski definition) is 1. The Hall–Kier alpha value is -0.480. The maximum Gasteiger partial charge on any atom is 0.0465 e. The van der Waals surface area contributed by atoms with E-state index in [1.165, 1.54) is 0 Å². The van der Waals surface area contributed by atoms with Crippen LogP contribution in [0.15, 0.2) is 36.4 Å². The fraction of sp³-hybridized carbons (Fsp3) is 0.333. The minimum atomic E-state index is 0.448. The van der Waals surface area contributed by atoms with Crippen molar-refractivity contribution in [3.63, 3.8) is 0 Å². The van der Waals surface area contributed by atoms with Crippen molar-refractivity contribution in [3.8, 4) is 0 Å². The fourth-order valence-electron chi connectivity index (χ4n) is 3.00. The van der Waals surface area contributed by atoms with Crippen LogP contribution in [0.1, 0.15) is 17.5 Å². The molecule has 3 rings (SSSR count). The summed E-state index contributed by atoms with van der Waals surface area (Å²) >= 11 is 24.7. The van der Waals surface area contributed by atoms with Crippen LogP contribution < -0.4 is 5.32 Å². The van der Waals surface area contributed by atoms with Crippen LogP contribution in [0.3, 0.4) is 0 Å². The summed E-state index contributed by atoms with van der Waals surface area (Å²) < 4.78 is 0. The third kappa shape index (κ3) is 4.57. The molecule has 0 bridgehead atoms. The molecule has 0 amide bonds. The summed E-state index contributed by atoms with van der Waals surface area (Å²) in [5, 5.41) is 6.11. The van der Waals surface area contributed by atoms with Gasteiger partial charge in [-0.3, -0.25) is 4.90 Å². The molecule has 128 valence electrons. The van der Waals surface area contributed by atoms with Crippen molar-refractivity contribution in [2.45, 2.75) is 25.6 Å². The Labute approximate surface area is 162 Å². The first-order valence-corrected chi connectivity index (χ1v) is 9.37. The lowest BCUT2D eigenvalue weighted by Crippen LogP contribution is -2.36. The van der Waals surface area contributed by atoms with Gasteiger partial charge in [0.25, 0.3) is 0 Å². The average Bonchev–Trinajstić information content (AvgIpc) is 3.05. The maximum atomic E-state index is 6.37. The Morgan fingerprint density at radius 3 is 1.83 bits per heavy atom. The van der Waals surface area contributed by atoms with Gasteiger partial charge in [-0.25, -0.2) is 0 Å². The number of nitrogens with zero attached hydrogens (tertiary/aromatic N) is 1. The summed E-state index contributed by atoms with van der Waals surface area (Å²) in [4.78, 5) is 2.41. The van der Waals surface area contributed by atoms with Crippen molar-refractivity contribution < 1.29 is 0 Å². The van der Waals surface area contributed by atoms with E-state index in [1.807, 2.05) is 24.3 Å². The number of hydrogen-bond acceptors (Lipinski definition) is 2. The van der Waals surface area contributed by atoms with Crippen molar-refractivity contribution in [1.82, 2.24) is 10.2 Å². The van der Waals surface area contributed by atoms with Crippen molar-refractivity contribution in [2.24, 2.45) is 0 Å². The third-order valence-electron chi connectivity index (χ3n) is 4.33. The van der Waals surface area contributed by atoms with Gasteiger partial charge in [-0.15, -0.1) is 0 Å². The molecule has 0 aliphatic carbocycles. The summed E-state index contributed by atoms with van der Waals surface area (Å²) in [5.41, 5.74) is 2.14. The molecule has 2 aromatic carbocycles. The van der Waals surface area contributed by atoms with Crippen LogP contribution in [-0.4, -0.2) is 24.0 Å². The zero-order valence-corrected chi connectivity index (χ0v) is 16.1. The molecule has 2 aromatic rings. The predicted molar refractivity (Wildman–Crippen MR) is 103 cm³/mol. The zero-order valence-electron chi connectivity index (χ0n) is 13.0. The van der Waals surface area contributed by atoms with E-state index in [0.29, 0.717) is 26.1 Å². The summed E-state index contributed by atoms with van der Waals surface area (Å²) in [7, 11) is 0. The smallest absolute Gasteiger partial charge is 0.0465 e. The van der Waals surface area contributed by atoms with Gasteiger partial charge < -0.3 is 5.32 Å². The van der Waals surface area contributed by atoms with Crippen LogP contribution in [0.4, 0.5) is 0 Å². The minimum absolute atomic E-state index is 0.448. The standard InChI is InChI=1S/C18H18Cl4N2/c19-14-3-1-12(17(21)7-14)10-24(16-5-6-23-9-16)11-13-2-4-15(20)8-18(13)22/h1-4,7-8,16,23H,5-6,9-11H2/t16-/m0/s1. The number of rotatable bonds is 5. The Kier molecular flexibility index (Phi) is 6.31. The third-order valence-corrected chi connectivity index (χ3v) is 5.50. The van der Waals surface area contributed by atoms with E-state index in [4.69, 9.17) is 46.4 Å². The average molecular weight is 404 g/mol. The molecule has 1 saturated heterocycles. The summed E-state index contributed by atoms with van der Waals surface area (Å²) in [6.45, 7) is 3.50. The van der Waals surface area contributed by atoms with Gasteiger partial charge in [-0.1, -0.05) is 58.5 Å². The van der Waals surface area contributed by atoms with Gasteiger partial charge in [0.15, 0.2) is 0 Å². The Morgan fingerprint density at radius 1 is 0.875 bits per heavy atom. The molecular formula is C18H18Cl4N2. The van der Waals surface area contributed by atoms with Crippen LogP contribution >= 0.6 is 46.4 Å². The first-order chi connectivity index (χ1) is 11.5. The van der Waals surface area contributed by atoms with Crippen LogP contribution in [0.25, 0.3) is 0 Å². The Balaban J connectivity index is 1.83. The predicted octanol–water partition coefficient (Wildman–Crippen LogP) is 5.66. The molecule has 1 aliphatic heterocycles.